The maximum absolute atomic E-state index is 4.38. The Hall–Kier alpha value is -0.450. The Kier molecular flexibility index (Phi) is 3.22. The largest absolute Gasteiger partial charge is 0.314 e. The predicted molar refractivity (Wildman–Crippen MR) is 66.5 cm³/mol. The van der Waals surface area contributed by atoms with Crippen LogP contribution >= 0.6 is 11.3 Å². The van der Waals surface area contributed by atoms with Crippen molar-refractivity contribution >= 4 is 11.3 Å². The fourth-order valence-corrected chi connectivity index (χ4v) is 3.64. The zero-order chi connectivity index (χ0) is 10.8. The van der Waals surface area contributed by atoms with Crippen LogP contribution in [-0.2, 0) is 6.54 Å². The van der Waals surface area contributed by atoms with E-state index in [9.17, 15) is 0 Å². The summed E-state index contributed by atoms with van der Waals surface area (Å²) >= 11 is 1.78. The number of rotatable bonds is 2. The summed E-state index contributed by atoms with van der Waals surface area (Å²) < 4.78 is 0. The first-order chi connectivity index (χ1) is 7.92. The molecular weight excluding hydrogens is 218 g/mol. The van der Waals surface area contributed by atoms with E-state index >= 15 is 0 Å². The van der Waals surface area contributed by atoms with Gasteiger partial charge < -0.3 is 5.32 Å². The van der Waals surface area contributed by atoms with Gasteiger partial charge in [0, 0.05) is 30.7 Å². The average molecular weight is 237 g/mol. The molecule has 0 aromatic carbocycles. The van der Waals surface area contributed by atoms with Crippen molar-refractivity contribution in [1.29, 1.82) is 0 Å². The lowest BCUT2D eigenvalue weighted by atomic mass is 9.85. The van der Waals surface area contributed by atoms with Gasteiger partial charge in [-0.25, -0.2) is 4.98 Å². The Labute approximate surface area is 101 Å². The summed E-state index contributed by atoms with van der Waals surface area (Å²) in [6, 6.07) is 0.793. The predicted octanol–water partition coefficient (Wildman–Crippen LogP) is 1.72. The number of hydrogen-bond acceptors (Lipinski definition) is 4. The Bertz CT molecular complexity index is 325. The molecule has 88 valence electrons. The van der Waals surface area contributed by atoms with E-state index < -0.39 is 0 Å². The molecule has 16 heavy (non-hydrogen) atoms. The van der Waals surface area contributed by atoms with Crippen LogP contribution in [-0.4, -0.2) is 35.6 Å². The summed E-state index contributed by atoms with van der Waals surface area (Å²) in [5, 5.41) is 7.00. The molecule has 2 aliphatic heterocycles. The number of nitrogens with one attached hydrogen (secondary N) is 1. The highest BCUT2D eigenvalue weighted by Crippen LogP contribution is 2.25. The third-order valence-corrected chi connectivity index (χ3v) is 4.58. The molecule has 1 aromatic rings. The third-order valence-electron chi connectivity index (χ3n) is 3.82. The maximum atomic E-state index is 4.38. The number of likely N-dealkylation sites (tertiary alicyclic amines) is 1. The van der Waals surface area contributed by atoms with Crippen molar-refractivity contribution in [2.75, 3.05) is 19.6 Å². The Morgan fingerprint density at radius 3 is 3.38 bits per heavy atom. The van der Waals surface area contributed by atoms with Crippen molar-refractivity contribution < 1.29 is 0 Å². The van der Waals surface area contributed by atoms with E-state index in [0.717, 1.165) is 18.5 Å². The van der Waals surface area contributed by atoms with E-state index in [0.29, 0.717) is 0 Å². The van der Waals surface area contributed by atoms with Crippen LogP contribution in [0.2, 0.25) is 0 Å². The molecule has 2 fully saturated rings. The molecule has 0 radical (unpaired) electrons. The molecule has 0 amide bonds. The quantitative estimate of drug-likeness (QED) is 0.849. The van der Waals surface area contributed by atoms with Gasteiger partial charge in [-0.3, -0.25) is 4.90 Å². The van der Waals surface area contributed by atoms with Crippen LogP contribution in [0.1, 0.15) is 24.3 Å². The lowest BCUT2D eigenvalue weighted by molar-refractivity contribution is 0.109. The van der Waals surface area contributed by atoms with E-state index in [4.69, 9.17) is 0 Å². The average Bonchev–Trinajstić information content (AvgIpc) is 2.82. The second-order valence-electron chi connectivity index (χ2n) is 4.91. The summed E-state index contributed by atoms with van der Waals surface area (Å²) in [7, 11) is 0. The van der Waals surface area contributed by atoms with Gasteiger partial charge >= 0.3 is 0 Å². The summed E-state index contributed by atoms with van der Waals surface area (Å²) in [5.41, 5.74) is 0. The van der Waals surface area contributed by atoms with Gasteiger partial charge in [0.2, 0.25) is 0 Å². The van der Waals surface area contributed by atoms with Crippen LogP contribution in [0.4, 0.5) is 0 Å². The van der Waals surface area contributed by atoms with Crippen LogP contribution < -0.4 is 5.32 Å². The van der Waals surface area contributed by atoms with Gasteiger partial charge in [0.05, 0.1) is 6.54 Å². The zero-order valence-electron chi connectivity index (χ0n) is 9.56. The molecule has 4 heteroatoms. The summed E-state index contributed by atoms with van der Waals surface area (Å²) in [4.78, 5) is 6.95. The van der Waals surface area contributed by atoms with Crippen molar-refractivity contribution in [3.63, 3.8) is 0 Å². The number of hydrogen-bond donors (Lipinski definition) is 1. The molecule has 0 spiro atoms. The SMILES string of the molecule is c1csc(CN2CCC3NCCCC3C2)n1. The molecule has 2 atom stereocenters. The molecule has 0 aliphatic carbocycles. The number of thiazole rings is 1. The standard InChI is InChI=1S/C12H19N3S/c1-2-10-8-15(6-3-11(10)13-4-1)9-12-14-5-7-16-12/h5,7,10-11,13H,1-4,6,8-9H2. The summed E-state index contributed by atoms with van der Waals surface area (Å²) in [6.45, 7) is 4.78. The van der Waals surface area contributed by atoms with E-state index in [2.05, 4.69) is 20.6 Å². The molecule has 1 N–H and O–H groups in total. The highest BCUT2D eigenvalue weighted by Gasteiger charge is 2.30. The van der Waals surface area contributed by atoms with Gasteiger partial charge in [0.15, 0.2) is 0 Å². The molecule has 3 nitrogen and oxygen atoms in total. The maximum Gasteiger partial charge on any atom is 0.107 e. The first-order valence-corrected chi connectivity index (χ1v) is 7.14. The lowest BCUT2D eigenvalue weighted by Gasteiger charge is -2.41. The van der Waals surface area contributed by atoms with E-state index in [1.807, 2.05) is 6.20 Å². The smallest absolute Gasteiger partial charge is 0.107 e. The molecular formula is C12H19N3S. The summed E-state index contributed by atoms with van der Waals surface area (Å²) in [6.07, 6.45) is 5.99. The van der Waals surface area contributed by atoms with E-state index in [-0.39, 0.29) is 0 Å². The molecule has 3 heterocycles. The molecule has 3 rings (SSSR count). The fourth-order valence-electron chi connectivity index (χ4n) is 2.99. The minimum absolute atomic E-state index is 0.793. The number of nitrogens with zero attached hydrogens (tertiary/aromatic N) is 2. The van der Waals surface area contributed by atoms with Crippen molar-refractivity contribution in [1.82, 2.24) is 15.2 Å². The van der Waals surface area contributed by atoms with Crippen molar-refractivity contribution in [2.45, 2.75) is 31.8 Å². The zero-order valence-corrected chi connectivity index (χ0v) is 10.4. The van der Waals surface area contributed by atoms with Gasteiger partial charge in [-0.1, -0.05) is 0 Å². The van der Waals surface area contributed by atoms with Gasteiger partial charge in [0.1, 0.15) is 5.01 Å². The van der Waals surface area contributed by atoms with Gasteiger partial charge in [-0.15, -0.1) is 11.3 Å². The van der Waals surface area contributed by atoms with Gasteiger partial charge in [-0.05, 0) is 31.7 Å². The number of aromatic nitrogens is 1. The lowest BCUT2D eigenvalue weighted by Crippen LogP contribution is -2.51. The molecule has 0 bridgehead atoms. The highest BCUT2D eigenvalue weighted by molar-refractivity contribution is 7.09. The minimum atomic E-state index is 0.793. The van der Waals surface area contributed by atoms with Crippen molar-refractivity contribution in [3.05, 3.63) is 16.6 Å². The molecule has 0 saturated carbocycles. The van der Waals surface area contributed by atoms with Crippen LogP contribution in [0.25, 0.3) is 0 Å². The first-order valence-electron chi connectivity index (χ1n) is 6.26. The molecule has 1 aromatic heterocycles. The van der Waals surface area contributed by atoms with E-state index in [1.54, 1.807) is 11.3 Å². The monoisotopic (exact) mass is 237 g/mol. The molecule has 2 unspecified atom stereocenters. The topological polar surface area (TPSA) is 28.2 Å². The second kappa shape index (κ2) is 4.82. The Balaban J connectivity index is 1.58. The van der Waals surface area contributed by atoms with Gasteiger partial charge in [-0.2, -0.15) is 0 Å². The molecule has 2 saturated heterocycles. The highest BCUT2D eigenvalue weighted by atomic mass is 32.1. The number of fused-ring (bicyclic) bond motifs is 1. The van der Waals surface area contributed by atoms with Crippen molar-refractivity contribution in [3.8, 4) is 0 Å². The second-order valence-corrected chi connectivity index (χ2v) is 5.89. The fraction of sp³-hybridized carbons (Fsp3) is 0.750. The Morgan fingerprint density at radius 2 is 2.50 bits per heavy atom. The van der Waals surface area contributed by atoms with Crippen LogP contribution in [0, 0.1) is 5.92 Å². The van der Waals surface area contributed by atoms with Crippen molar-refractivity contribution in [2.24, 2.45) is 5.92 Å². The summed E-state index contributed by atoms with van der Waals surface area (Å²) in [5.74, 6) is 0.877. The first kappa shape index (κ1) is 10.7. The van der Waals surface area contributed by atoms with Crippen LogP contribution in [0.5, 0.6) is 0 Å². The number of piperidine rings is 2. The Morgan fingerprint density at radius 1 is 1.50 bits per heavy atom. The minimum Gasteiger partial charge on any atom is -0.314 e. The van der Waals surface area contributed by atoms with Crippen LogP contribution in [0.3, 0.4) is 0 Å². The third kappa shape index (κ3) is 2.29. The van der Waals surface area contributed by atoms with Gasteiger partial charge in [0.25, 0.3) is 0 Å². The normalized spacial score (nSPS) is 31.2. The van der Waals surface area contributed by atoms with Crippen LogP contribution in [0.15, 0.2) is 11.6 Å². The molecule has 2 aliphatic rings. The van der Waals surface area contributed by atoms with E-state index in [1.165, 1.54) is 43.9 Å².